The van der Waals surface area contributed by atoms with Crippen LogP contribution >= 0.6 is 0 Å². The van der Waals surface area contributed by atoms with Gasteiger partial charge in [-0.3, -0.25) is 0 Å². The van der Waals surface area contributed by atoms with E-state index in [1.165, 1.54) is 6.07 Å². The Balaban J connectivity index is 2.66. The first kappa shape index (κ1) is 13.5. The van der Waals surface area contributed by atoms with Crippen molar-refractivity contribution in [1.29, 1.82) is 0 Å². The minimum atomic E-state index is -0.731. The number of hydrogen-bond donors (Lipinski definition) is 1. The van der Waals surface area contributed by atoms with E-state index in [1.54, 1.807) is 0 Å². The molecule has 0 aliphatic carbocycles. The standard InChI is InChI=1S/C13H17FO3/c1-3-9(4-2)8-17-13(16)11-7-10(15)5-6-12(11)14/h5-7,9,15H,3-4,8H2,1-2H3. The van der Waals surface area contributed by atoms with Crippen molar-refractivity contribution in [1.82, 2.24) is 0 Å². The van der Waals surface area contributed by atoms with Gasteiger partial charge in [0.05, 0.1) is 12.2 Å². The molecule has 3 nitrogen and oxygen atoms in total. The van der Waals surface area contributed by atoms with Crippen LogP contribution in [0.1, 0.15) is 37.0 Å². The fourth-order valence-electron chi connectivity index (χ4n) is 1.47. The number of phenolic OH excluding ortho intramolecular Hbond substituents is 1. The van der Waals surface area contributed by atoms with Gasteiger partial charge < -0.3 is 9.84 Å². The molecule has 1 rings (SSSR count). The van der Waals surface area contributed by atoms with E-state index in [1.807, 2.05) is 13.8 Å². The number of carbonyl (C=O) groups is 1. The predicted octanol–water partition coefficient (Wildman–Crippen LogP) is 3.12. The largest absolute Gasteiger partial charge is 0.508 e. The quantitative estimate of drug-likeness (QED) is 0.804. The topological polar surface area (TPSA) is 46.5 Å². The van der Waals surface area contributed by atoms with Gasteiger partial charge in [0.15, 0.2) is 0 Å². The van der Waals surface area contributed by atoms with Crippen LogP contribution in [0.2, 0.25) is 0 Å². The maximum Gasteiger partial charge on any atom is 0.341 e. The smallest absolute Gasteiger partial charge is 0.341 e. The van der Waals surface area contributed by atoms with E-state index >= 15 is 0 Å². The first-order chi connectivity index (χ1) is 8.08. The van der Waals surface area contributed by atoms with Crippen LogP contribution in [-0.4, -0.2) is 17.7 Å². The molecule has 1 aromatic carbocycles. The van der Waals surface area contributed by atoms with Crippen LogP contribution in [0.15, 0.2) is 18.2 Å². The third-order valence-electron chi connectivity index (χ3n) is 2.77. The Bertz CT molecular complexity index is 386. The molecule has 0 saturated carbocycles. The fraction of sp³-hybridized carbons (Fsp3) is 0.462. The second-order valence-electron chi connectivity index (χ2n) is 3.95. The first-order valence-corrected chi connectivity index (χ1v) is 5.74. The minimum Gasteiger partial charge on any atom is -0.508 e. The first-order valence-electron chi connectivity index (χ1n) is 5.74. The van der Waals surface area contributed by atoms with E-state index in [0.29, 0.717) is 5.92 Å². The zero-order chi connectivity index (χ0) is 12.8. The van der Waals surface area contributed by atoms with Crippen LogP contribution in [0.5, 0.6) is 5.75 Å². The van der Waals surface area contributed by atoms with Gasteiger partial charge in [-0.25, -0.2) is 9.18 Å². The molecular weight excluding hydrogens is 223 g/mol. The van der Waals surface area contributed by atoms with E-state index in [4.69, 9.17) is 4.74 Å². The third kappa shape index (κ3) is 3.73. The second-order valence-corrected chi connectivity index (χ2v) is 3.95. The Labute approximate surface area is 100 Å². The summed E-state index contributed by atoms with van der Waals surface area (Å²) in [4.78, 5) is 11.6. The number of halogens is 1. The second kappa shape index (κ2) is 6.23. The average Bonchev–Trinajstić information content (AvgIpc) is 2.33. The van der Waals surface area contributed by atoms with Gasteiger partial charge in [-0.15, -0.1) is 0 Å². The van der Waals surface area contributed by atoms with Crippen molar-refractivity contribution in [2.24, 2.45) is 5.92 Å². The van der Waals surface area contributed by atoms with Gasteiger partial charge in [0, 0.05) is 0 Å². The van der Waals surface area contributed by atoms with E-state index in [0.717, 1.165) is 25.0 Å². The summed E-state index contributed by atoms with van der Waals surface area (Å²) in [6.07, 6.45) is 1.82. The van der Waals surface area contributed by atoms with Gasteiger partial charge in [0.1, 0.15) is 11.6 Å². The molecule has 1 N–H and O–H groups in total. The number of esters is 1. The van der Waals surface area contributed by atoms with E-state index in [2.05, 4.69) is 0 Å². The Hall–Kier alpha value is -1.58. The molecule has 0 aliphatic rings. The van der Waals surface area contributed by atoms with Crippen molar-refractivity contribution in [3.63, 3.8) is 0 Å². The monoisotopic (exact) mass is 240 g/mol. The highest BCUT2D eigenvalue weighted by molar-refractivity contribution is 5.90. The Kier molecular flexibility index (Phi) is 4.94. The van der Waals surface area contributed by atoms with Crippen molar-refractivity contribution in [3.05, 3.63) is 29.6 Å². The molecule has 0 aromatic heterocycles. The zero-order valence-corrected chi connectivity index (χ0v) is 10.1. The third-order valence-corrected chi connectivity index (χ3v) is 2.77. The molecule has 94 valence electrons. The number of hydrogen-bond acceptors (Lipinski definition) is 3. The van der Waals surface area contributed by atoms with Crippen LogP contribution < -0.4 is 0 Å². The number of rotatable bonds is 5. The lowest BCUT2D eigenvalue weighted by Gasteiger charge is -2.12. The van der Waals surface area contributed by atoms with Crippen molar-refractivity contribution in [2.45, 2.75) is 26.7 Å². The number of carbonyl (C=O) groups excluding carboxylic acids is 1. The number of benzene rings is 1. The normalized spacial score (nSPS) is 10.6. The highest BCUT2D eigenvalue weighted by atomic mass is 19.1. The Morgan fingerprint density at radius 3 is 2.65 bits per heavy atom. The average molecular weight is 240 g/mol. The molecule has 0 bridgehead atoms. The summed E-state index contributed by atoms with van der Waals surface area (Å²) in [6.45, 7) is 4.30. The Morgan fingerprint density at radius 2 is 2.06 bits per heavy atom. The zero-order valence-electron chi connectivity index (χ0n) is 10.1. The van der Waals surface area contributed by atoms with Crippen molar-refractivity contribution < 1.29 is 19.0 Å². The van der Waals surface area contributed by atoms with Crippen molar-refractivity contribution >= 4 is 5.97 Å². The van der Waals surface area contributed by atoms with E-state index in [-0.39, 0.29) is 17.9 Å². The molecule has 0 spiro atoms. The van der Waals surface area contributed by atoms with Gasteiger partial charge in [-0.05, 0) is 24.1 Å². The summed E-state index contributed by atoms with van der Waals surface area (Å²) in [5.74, 6) is -1.28. The van der Waals surface area contributed by atoms with Gasteiger partial charge in [-0.2, -0.15) is 0 Å². The summed E-state index contributed by atoms with van der Waals surface area (Å²) < 4.78 is 18.3. The summed E-state index contributed by atoms with van der Waals surface area (Å²) >= 11 is 0. The summed E-state index contributed by atoms with van der Waals surface area (Å²) in [6, 6.07) is 3.31. The maximum atomic E-state index is 13.3. The van der Waals surface area contributed by atoms with Gasteiger partial charge in [-0.1, -0.05) is 26.7 Å². The molecule has 1 aromatic rings. The minimum absolute atomic E-state index is 0.152. The number of phenols is 1. The van der Waals surface area contributed by atoms with Gasteiger partial charge in [0.2, 0.25) is 0 Å². The molecule has 0 radical (unpaired) electrons. The molecule has 0 saturated heterocycles. The van der Waals surface area contributed by atoms with Crippen LogP contribution in [-0.2, 0) is 4.74 Å². The SMILES string of the molecule is CCC(CC)COC(=O)c1cc(O)ccc1F. The van der Waals surface area contributed by atoms with Crippen molar-refractivity contribution in [2.75, 3.05) is 6.61 Å². The molecule has 17 heavy (non-hydrogen) atoms. The molecule has 0 heterocycles. The van der Waals surface area contributed by atoms with Gasteiger partial charge >= 0.3 is 5.97 Å². The van der Waals surface area contributed by atoms with Crippen LogP contribution in [0.25, 0.3) is 0 Å². The molecule has 0 fully saturated rings. The van der Waals surface area contributed by atoms with E-state index in [9.17, 15) is 14.3 Å². The van der Waals surface area contributed by atoms with Crippen molar-refractivity contribution in [3.8, 4) is 5.75 Å². The molecule has 0 atom stereocenters. The molecule has 0 unspecified atom stereocenters. The maximum absolute atomic E-state index is 13.3. The lowest BCUT2D eigenvalue weighted by atomic mass is 10.1. The number of aromatic hydroxyl groups is 1. The summed E-state index contributed by atoms with van der Waals surface area (Å²) in [5, 5.41) is 9.18. The van der Waals surface area contributed by atoms with Crippen LogP contribution in [0.4, 0.5) is 4.39 Å². The Morgan fingerprint density at radius 1 is 1.41 bits per heavy atom. The molecule has 0 amide bonds. The van der Waals surface area contributed by atoms with Crippen LogP contribution in [0.3, 0.4) is 0 Å². The molecular formula is C13H17FO3. The lowest BCUT2D eigenvalue weighted by molar-refractivity contribution is 0.0427. The predicted molar refractivity (Wildman–Crippen MR) is 62.4 cm³/mol. The number of ether oxygens (including phenoxy) is 1. The highest BCUT2D eigenvalue weighted by Crippen LogP contribution is 2.17. The van der Waals surface area contributed by atoms with Crippen LogP contribution in [0, 0.1) is 11.7 Å². The molecule has 4 heteroatoms. The lowest BCUT2D eigenvalue weighted by Crippen LogP contribution is -2.14. The van der Waals surface area contributed by atoms with Gasteiger partial charge in [0.25, 0.3) is 0 Å². The fourth-order valence-corrected chi connectivity index (χ4v) is 1.47. The molecule has 0 aliphatic heterocycles. The summed E-state index contributed by atoms with van der Waals surface area (Å²) in [7, 11) is 0. The van der Waals surface area contributed by atoms with E-state index < -0.39 is 11.8 Å². The summed E-state index contributed by atoms with van der Waals surface area (Å²) in [5.41, 5.74) is -0.226. The highest BCUT2D eigenvalue weighted by Gasteiger charge is 2.15.